The van der Waals surface area contributed by atoms with E-state index in [1.165, 1.54) is 18.2 Å². The van der Waals surface area contributed by atoms with E-state index < -0.39 is 46.3 Å². The highest BCUT2D eigenvalue weighted by Crippen LogP contribution is 2.31. The molecule has 1 aliphatic rings. The molecule has 11 nitrogen and oxygen atoms in total. The SMILES string of the molecule is CC(C)(C)OC(=O)N1C[C@@H](C(OS(=O)O)c2cccc([N+](=O)[O-])c2)OC1=O. The average Bonchev–Trinajstić information content (AvgIpc) is 2.92. The van der Waals surface area contributed by atoms with Crippen LogP contribution in [0.2, 0.25) is 0 Å². The summed E-state index contributed by atoms with van der Waals surface area (Å²) in [6.45, 7) is 4.54. The summed E-state index contributed by atoms with van der Waals surface area (Å²) in [7, 11) is 0. The van der Waals surface area contributed by atoms with Crippen molar-refractivity contribution in [1.82, 2.24) is 4.90 Å². The van der Waals surface area contributed by atoms with E-state index in [1.54, 1.807) is 20.8 Å². The summed E-state index contributed by atoms with van der Waals surface area (Å²) in [5, 5.41) is 10.9. The molecule has 2 unspecified atom stereocenters. The Hall–Kier alpha value is -2.57. The Morgan fingerprint density at radius 2 is 2.15 bits per heavy atom. The lowest BCUT2D eigenvalue weighted by molar-refractivity contribution is -0.385. The minimum absolute atomic E-state index is 0.135. The summed E-state index contributed by atoms with van der Waals surface area (Å²) in [4.78, 5) is 35.1. The fraction of sp³-hybridized carbons (Fsp3) is 0.467. The van der Waals surface area contributed by atoms with Gasteiger partial charge in [-0.05, 0) is 26.3 Å². The van der Waals surface area contributed by atoms with Crippen LogP contribution in [0.25, 0.3) is 0 Å². The van der Waals surface area contributed by atoms with Crippen molar-refractivity contribution in [2.24, 2.45) is 0 Å². The van der Waals surface area contributed by atoms with Crippen LogP contribution in [-0.4, -0.2) is 49.0 Å². The van der Waals surface area contributed by atoms with Gasteiger partial charge in [-0.25, -0.2) is 14.5 Å². The second-order valence-corrected chi connectivity index (χ2v) is 7.23. The Morgan fingerprint density at radius 3 is 2.70 bits per heavy atom. The van der Waals surface area contributed by atoms with E-state index in [9.17, 15) is 23.9 Å². The molecule has 1 aromatic carbocycles. The van der Waals surface area contributed by atoms with Gasteiger partial charge < -0.3 is 9.47 Å². The third-order valence-corrected chi connectivity index (χ3v) is 3.75. The molecule has 2 amide bonds. The smallest absolute Gasteiger partial charge is 0.419 e. The van der Waals surface area contributed by atoms with Crippen LogP contribution in [0.1, 0.15) is 32.4 Å². The third-order valence-electron chi connectivity index (χ3n) is 3.38. The molecule has 3 atom stereocenters. The number of carbonyl (C=O) groups is 2. The molecule has 1 heterocycles. The lowest BCUT2D eigenvalue weighted by Crippen LogP contribution is -2.38. The topological polar surface area (TPSA) is 146 Å². The number of nitro benzene ring substituents is 1. The van der Waals surface area contributed by atoms with Crippen LogP contribution in [0, 0.1) is 10.1 Å². The number of hydrogen-bond donors (Lipinski definition) is 1. The molecule has 1 aromatic rings. The Labute approximate surface area is 156 Å². The largest absolute Gasteiger partial charge is 0.443 e. The van der Waals surface area contributed by atoms with Crippen molar-refractivity contribution in [3.63, 3.8) is 0 Å². The first kappa shape index (κ1) is 20.7. The van der Waals surface area contributed by atoms with Crippen LogP contribution in [0.4, 0.5) is 15.3 Å². The van der Waals surface area contributed by atoms with Crippen LogP contribution in [0.3, 0.4) is 0 Å². The molecule has 0 spiro atoms. The van der Waals surface area contributed by atoms with Crippen molar-refractivity contribution in [1.29, 1.82) is 0 Å². The lowest BCUT2D eigenvalue weighted by atomic mass is 10.0. The number of nitro groups is 1. The number of ether oxygens (including phenoxy) is 2. The van der Waals surface area contributed by atoms with Crippen molar-refractivity contribution >= 4 is 29.2 Å². The van der Waals surface area contributed by atoms with Gasteiger partial charge in [0.2, 0.25) is 0 Å². The first-order valence-corrected chi connectivity index (χ1v) is 8.74. The third kappa shape index (κ3) is 5.45. The summed E-state index contributed by atoms with van der Waals surface area (Å²) in [5.74, 6) is 0. The van der Waals surface area contributed by atoms with Crippen molar-refractivity contribution in [3.8, 4) is 0 Å². The molecule has 0 aromatic heterocycles. The highest BCUT2D eigenvalue weighted by molar-refractivity contribution is 7.74. The van der Waals surface area contributed by atoms with Gasteiger partial charge in [-0.2, -0.15) is 4.21 Å². The van der Waals surface area contributed by atoms with Crippen LogP contribution < -0.4 is 0 Å². The van der Waals surface area contributed by atoms with E-state index in [4.69, 9.17) is 18.2 Å². The maximum atomic E-state index is 12.1. The molecule has 148 valence electrons. The van der Waals surface area contributed by atoms with E-state index in [-0.39, 0.29) is 17.8 Å². The van der Waals surface area contributed by atoms with Crippen molar-refractivity contribution < 1.29 is 36.9 Å². The van der Waals surface area contributed by atoms with Crippen LogP contribution in [0.15, 0.2) is 24.3 Å². The zero-order valence-corrected chi connectivity index (χ0v) is 15.5. The molecular weight excluding hydrogens is 384 g/mol. The Kier molecular flexibility index (Phi) is 6.13. The van der Waals surface area contributed by atoms with E-state index in [1.807, 2.05) is 0 Å². The van der Waals surface area contributed by atoms with E-state index in [2.05, 4.69) is 0 Å². The summed E-state index contributed by atoms with van der Waals surface area (Å²) >= 11 is -2.75. The zero-order valence-electron chi connectivity index (χ0n) is 14.7. The first-order valence-electron chi connectivity index (χ1n) is 7.71. The molecule has 0 aliphatic carbocycles. The average molecular weight is 402 g/mol. The maximum Gasteiger partial charge on any atom is 0.419 e. The van der Waals surface area contributed by atoms with Gasteiger partial charge in [0, 0.05) is 12.1 Å². The van der Waals surface area contributed by atoms with Gasteiger partial charge in [0.25, 0.3) is 5.69 Å². The van der Waals surface area contributed by atoms with Crippen LogP contribution in [-0.2, 0) is 25.0 Å². The number of hydrogen-bond acceptors (Lipinski definition) is 8. The lowest BCUT2D eigenvalue weighted by Gasteiger charge is -2.22. The maximum absolute atomic E-state index is 12.1. The molecule has 0 saturated carbocycles. The summed E-state index contributed by atoms with van der Waals surface area (Å²) < 4.78 is 35.3. The second kappa shape index (κ2) is 7.98. The quantitative estimate of drug-likeness (QED) is 0.446. The van der Waals surface area contributed by atoms with E-state index >= 15 is 0 Å². The number of carbonyl (C=O) groups excluding carboxylic acids is 2. The number of imide groups is 1. The molecule has 27 heavy (non-hydrogen) atoms. The number of amides is 2. The van der Waals surface area contributed by atoms with Gasteiger partial charge in [0.1, 0.15) is 11.7 Å². The summed E-state index contributed by atoms with van der Waals surface area (Å²) in [5.41, 5.74) is -0.994. The number of benzene rings is 1. The van der Waals surface area contributed by atoms with Crippen LogP contribution >= 0.6 is 0 Å². The minimum Gasteiger partial charge on any atom is -0.443 e. The monoisotopic (exact) mass is 402 g/mol. The highest BCUT2D eigenvalue weighted by Gasteiger charge is 2.43. The first-order chi connectivity index (χ1) is 12.5. The highest BCUT2D eigenvalue weighted by atomic mass is 32.2. The molecule has 12 heteroatoms. The number of non-ortho nitro benzene ring substituents is 1. The van der Waals surface area contributed by atoms with Crippen molar-refractivity contribution in [2.45, 2.75) is 38.6 Å². The Balaban J connectivity index is 2.26. The molecule has 1 N–H and O–H groups in total. The fourth-order valence-corrected chi connectivity index (χ4v) is 2.76. The zero-order chi connectivity index (χ0) is 20.4. The van der Waals surface area contributed by atoms with E-state index in [0.29, 0.717) is 4.90 Å². The predicted molar refractivity (Wildman–Crippen MR) is 90.9 cm³/mol. The molecule has 1 aliphatic heterocycles. The van der Waals surface area contributed by atoms with Gasteiger partial charge in [0.05, 0.1) is 11.5 Å². The molecule has 1 fully saturated rings. The standard InChI is InChI=1S/C15H18N2O9S/c1-15(2,3)25-14(19)16-8-11(24-13(16)18)12(26-27(22)23)9-5-4-6-10(7-9)17(20)21/h4-7,11-12H,8H2,1-3H3,(H,22,23)/t11-,12?/m0/s1. The number of rotatable bonds is 5. The molecule has 0 bridgehead atoms. The van der Waals surface area contributed by atoms with Crippen LogP contribution in [0.5, 0.6) is 0 Å². The van der Waals surface area contributed by atoms with Gasteiger partial charge in [-0.3, -0.25) is 18.9 Å². The summed E-state index contributed by atoms with van der Waals surface area (Å²) in [6, 6.07) is 5.12. The second-order valence-electron chi connectivity index (χ2n) is 6.60. The van der Waals surface area contributed by atoms with Gasteiger partial charge in [-0.15, -0.1) is 0 Å². The molecule has 0 radical (unpaired) electrons. The number of cyclic esters (lactones) is 1. The normalized spacial score (nSPS) is 19.3. The predicted octanol–water partition coefficient (Wildman–Crippen LogP) is 2.55. The van der Waals surface area contributed by atoms with Gasteiger partial charge >= 0.3 is 23.5 Å². The molecule has 1 saturated heterocycles. The Bertz CT molecular complexity index is 777. The molecule has 2 rings (SSSR count). The fourth-order valence-electron chi connectivity index (χ4n) is 2.34. The van der Waals surface area contributed by atoms with Crippen molar-refractivity contribution in [2.75, 3.05) is 6.54 Å². The Morgan fingerprint density at radius 1 is 1.48 bits per heavy atom. The molecular formula is C15H18N2O9S. The summed E-state index contributed by atoms with van der Waals surface area (Å²) in [6.07, 6.45) is -4.44. The van der Waals surface area contributed by atoms with Crippen molar-refractivity contribution in [3.05, 3.63) is 39.9 Å². The van der Waals surface area contributed by atoms with Gasteiger partial charge in [0.15, 0.2) is 6.10 Å². The number of nitrogens with zero attached hydrogens (tertiary/aromatic N) is 2. The van der Waals surface area contributed by atoms with E-state index in [0.717, 1.165) is 6.07 Å². The minimum atomic E-state index is -2.75. The van der Waals surface area contributed by atoms with Gasteiger partial charge in [-0.1, -0.05) is 12.1 Å².